The summed E-state index contributed by atoms with van der Waals surface area (Å²) in [7, 11) is -4.45. The number of Topliss-reactive ketones (excluding diaryl/α,β-unsaturated/α-hetero) is 1. The molecule has 180 valence electrons. The standard InChI is InChI=1S/C26H23ClN2O5S/c1-17(2)20-7-3-18(4-8-20)15-34-16-19-5-9-21(10-6-19)25(30)26(31)29-35(32,33)24-12-11-23(27)13-22(24)14-28/h3-13,17H,15-16H2,1-2H3,(H,29,31). The van der Waals surface area contributed by atoms with Gasteiger partial charge in [0.1, 0.15) is 11.0 Å². The molecule has 0 atom stereocenters. The highest BCUT2D eigenvalue weighted by Gasteiger charge is 2.26. The Labute approximate surface area is 209 Å². The lowest BCUT2D eigenvalue weighted by atomic mass is 10.0. The first-order chi connectivity index (χ1) is 16.6. The van der Waals surface area contributed by atoms with Gasteiger partial charge in [-0.05, 0) is 40.8 Å². The number of halogens is 1. The van der Waals surface area contributed by atoms with Gasteiger partial charge in [0.05, 0.1) is 18.8 Å². The van der Waals surface area contributed by atoms with Crippen LogP contribution >= 0.6 is 11.6 Å². The number of rotatable bonds is 9. The molecule has 7 nitrogen and oxygen atoms in total. The van der Waals surface area contributed by atoms with Gasteiger partial charge in [0.25, 0.3) is 15.8 Å². The molecule has 0 radical (unpaired) electrons. The van der Waals surface area contributed by atoms with Crippen LogP contribution in [0.25, 0.3) is 0 Å². The zero-order chi connectivity index (χ0) is 25.6. The van der Waals surface area contributed by atoms with Crippen molar-refractivity contribution >= 4 is 33.3 Å². The highest BCUT2D eigenvalue weighted by molar-refractivity contribution is 7.90. The second kappa shape index (κ2) is 11.3. The third-order valence-corrected chi connectivity index (χ3v) is 6.81. The first-order valence-electron chi connectivity index (χ1n) is 10.7. The van der Waals surface area contributed by atoms with Gasteiger partial charge in [0.2, 0.25) is 0 Å². The van der Waals surface area contributed by atoms with E-state index in [4.69, 9.17) is 21.6 Å². The number of amides is 1. The highest BCUT2D eigenvalue weighted by Crippen LogP contribution is 2.20. The summed E-state index contributed by atoms with van der Waals surface area (Å²) in [4.78, 5) is 24.3. The van der Waals surface area contributed by atoms with E-state index in [1.54, 1.807) is 22.9 Å². The van der Waals surface area contributed by atoms with Gasteiger partial charge in [0, 0.05) is 10.6 Å². The van der Waals surface area contributed by atoms with Crippen LogP contribution < -0.4 is 4.72 Å². The number of nitrogens with one attached hydrogen (secondary N) is 1. The maximum absolute atomic E-state index is 12.5. The second-order valence-corrected chi connectivity index (χ2v) is 10.2. The minimum absolute atomic E-state index is 0.0161. The largest absolute Gasteiger partial charge is 0.372 e. The molecular weight excluding hydrogens is 488 g/mol. The van der Waals surface area contributed by atoms with E-state index < -0.39 is 26.6 Å². The number of sulfonamides is 1. The molecule has 0 aromatic heterocycles. The van der Waals surface area contributed by atoms with Crippen molar-refractivity contribution in [2.24, 2.45) is 0 Å². The normalized spacial score (nSPS) is 11.2. The summed E-state index contributed by atoms with van der Waals surface area (Å²) in [6, 6.07) is 19.5. The SMILES string of the molecule is CC(C)c1ccc(COCc2ccc(C(=O)C(=O)NS(=O)(=O)c3ccc(Cl)cc3C#N)cc2)cc1. The zero-order valence-corrected chi connectivity index (χ0v) is 20.7. The molecule has 0 fully saturated rings. The quantitative estimate of drug-likeness (QED) is 0.328. The van der Waals surface area contributed by atoms with Crippen molar-refractivity contribution in [1.29, 1.82) is 5.26 Å². The number of nitrogens with zero attached hydrogens (tertiary/aromatic N) is 1. The molecule has 0 saturated carbocycles. The molecule has 3 aromatic carbocycles. The van der Waals surface area contributed by atoms with E-state index in [1.165, 1.54) is 23.8 Å². The monoisotopic (exact) mass is 510 g/mol. The fourth-order valence-electron chi connectivity index (χ4n) is 3.22. The van der Waals surface area contributed by atoms with Crippen LogP contribution in [0.5, 0.6) is 0 Å². The van der Waals surface area contributed by atoms with Gasteiger partial charge in [-0.1, -0.05) is 74.0 Å². The van der Waals surface area contributed by atoms with Crippen LogP contribution in [0.15, 0.2) is 71.6 Å². The van der Waals surface area contributed by atoms with Crippen LogP contribution in [0.3, 0.4) is 0 Å². The Balaban J connectivity index is 1.59. The molecule has 3 aromatic rings. The van der Waals surface area contributed by atoms with Crippen LogP contribution in [-0.2, 0) is 32.8 Å². The average Bonchev–Trinajstić information content (AvgIpc) is 2.83. The third-order valence-electron chi connectivity index (χ3n) is 5.18. The Kier molecular flexibility index (Phi) is 8.41. The van der Waals surface area contributed by atoms with Crippen molar-refractivity contribution < 1.29 is 22.7 Å². The lowest BCUT2D eigenvalue weighted by Gasteiger charge is -2.09. The predicted octanol–water partition coefficient (Wildman–Crippen LogP) is 4.74. The Bertz CT molecular complexity index is 1380. The van der Waals surface area contributed by atoms with Crippen molar-refractivity contribution in [2.75, 3.05) is 0 Å². The summed E-state index contributed by atoms with van der Waals surface area (Å²) >= 11 is 5.78. The number of hydrogen-bond donors (Lipinski definition) is 1. The van der Waals surface area contributed by atoms with Crippen molar-refractivity contribution in [2.45, 2.75) is 37.9 Å². The average molecular weight is 511 g/mol. The van der Waals surface area contributed by atoms with Gasteiger partial charge in [-0.15, -0.1) is 0 Å². The predicted molar refractivity (Wildman–Crippen MR) is 131 cm³/mol. The molecule has 0 aliphatic rings. The fraction of sp³-hybridized carbons (Fsp3) is 0.192. The number of hydrogen-bond acceptors (Lipinski definition) is 6. The molecule has 0 heterocycles. The summed E-state index contributed by atoms with van der Waals surface area (Å²) < 4.78 is 32.5. The van der Waals surface area contributed by atoms with E-state index in [0.717, 1.165) is 23.3 Å². The summed E-state index contributed by atoms with van der Waals surface area (Å²) in [6.07, 6.45) is 0. The van der Waals surface area contributed by atoms with Crippen molar-refractivity contribution in [3.05, 3.63) is 99.6 Å². The van der Waals surface area contributed by atoms with E-state index in [-0.39, 0.29) is 16.1 Å². The van der Waals surface area contributed by atoms with Crippen molar-refractivity contribution in [1.82, 2.24) is 4.72 Å². The van der Waals surface area contributed by atoms with Gasteiger partial charge in [-0.3, -0.25) is 9.59 Å². The molecule has 35 heavy (non-hydrogen) atoms. The maximum Gasteiger partial charge on any atom is 0.306 e. The zero-order valence-electron chi connectivity index (χ0n) is 19.1. The molecule has 3 rings (SSSR count). The lowest BCUT2D eigenvalue weighted by molar-refractivity contribution is -0.115. The third kappa shape index (κ3) is 6.76. The van der Waals surface area contributed by atoms with Crippen LogP contribution in [0.2, 0.25) is 5.02 Å². The van der Waals surface area contributed by atoms with Crippen LogP contribution in [0.4, 0.5) is 0 Å². The minimum atomic E-state index is -4.45. The van der Waals surface area contributed by atoms with Crippen molar-refractivity contribution in [3.8, 4) is 6.07 Å². The number of ether oxygens (including phenoxy) is 1. The van der Waals surface area contributed by atoms with E-state index in [2.05, 4.69) is 26.0 Å². The maximum atomic E-state index is 12.5. The summed E-state index contributed by atoms with van der Waals surface area (Å²) in [5, 5.41) is 9.31. The Morgan fingerprint density at radius 2 is 1.54 bits per heavy atom. The number of benzene rings is 3. The molecule has 1 N–H and O–H groups in total. The van der Waals surface area contributed by atoms with Gasteiger partial charge < -0.3 is 4.74 Å². The lowest BCUT2D eigenvalue weighted by Crippen LogP contribution is -2.36. The van der Waals surface area contributed by atoms with E-state index in [0.29, 0.717) is 19.1 Å². The molecule has 9 heteroatoms. The van der Waals surface area contributed by atoms with Crippen LogP contribution in [-0.4, -0.2) is 20.1 Å². The Morgan fingerprint density at radius 3 is 2.09 bits per heavy atom. The Hall–Kier alpha value is -3.51. The topological polar surface area (TPSA) is 113 Å². The second-order valence-electron chi connectivity index (χ2n) is 8.10. The van der Waals surface area contributed by atoms with E-state index in [9.17, 15) is 18.0 Å². The summed E-state index contributed by atoms with van der Waals surface area (Å²) in [5.41, 5.74) is 2.85. The van der Waals surface area contributed by atoms with Crippen LogP contribution in [0.1, 0.15) is 52.4 Å². The smallest absolute Gasteiger partial charge is 0.306 e. The molecular formula is C26H23ClN2O5S. The molecule has 1 amide bonds. The number of carbonyl (C=O) groups excluding carboxylic acids is 2. The first kappa shape index (κ1) is 26.1. The van der Waals surface area contributed by atoms with Crippen LogP contribution in [0, 0.1) is 11.3 Å². The Morgan fingerprint density at radius 1 is 0.971 bits per heavy atom. The molecule has 0 saturated heterocycles. The highest BCUT2D eigenvalue weighted by atomic mass is 35.5. The number of carbonyl (C=O) groups is 2. The minimum Gasteiger partial charge on any atom is -0.372 e. The first-order valence-corrected chi connectivity index (χ1v) is 12.5. The summed E-state index contributed by atoms with van der Waals surface area (Å²) in [5.74, 6) is -1.91. The van der Waals surface area contributed by atoms with Crippen molar-refractivity contribution in [3.63, 3.8) is 0 Å². The van der Waals surface area contributed by atoms with E-state index in [1.807, 2.05) is 12.1 Å². The van der Waals surface area contributed by atoms with Gasteiger partial charge in [0.15, 0.2) is 0 Å². The fourth-order valence-corrected chi connectivity index (χ4v) is 4.48. The molecule has 0 bridgehead atoms. The molecule has 0 unspecified atom stereocenters. The van der Waals surface area contributed by atoms with Gasteiger partial charge >= 0.3 is 5.91 Å². The summed E-state index contributed by atoms with van der Waals surface area (Å²) in [6.45, 7) is 4.99. The number of nitriles is 1. The molecule has 0 aliphatic heterocycles. The molecule has 0 aliphatic carbocycles. The number of ketones is 1. The molecule has 0 spiro atoms. The van der Waals surface area contributed by atoms with Gasteiger partial charge in [-0.2, -0.15) is 5.26 Å². The van der Waals surface area contributed by atoms with Gasteiger partial charge in [-0.25, -0.2) is 13.1 Å². The van der Waals surface area contributed by atoms with E-state index >= 15 is 0 Å².